The van der Waals surface area contributed by atoms with E-state index in [1.165, 1.54) is 6.92 Å². The van der Waals surface area contributed by atoms with Crippen molar-refractivity contribution in [3.63, 3.8) is 0 Å². The molecule has 0 heterocycles. The average Bonchev–Trinajstić information content (AvgIpc) is 2.53. The molecule has 2 rings (SSSR count). The summed E-state index contributed by atoms with van der Waals surface area (Å²) in [5, 5.41) is 8.13. The Kier molecular flexibility index (Phi) is 6.39. The fourth-order valence-electron chi connectivity index (χ4n) is 2.40. The van der Waals surface area contributed by atoms with Crippen LogP contribution < -0.4 is 20.7 Å². The quantitative estimate of drug-likeness (QED) is 0.704. The smallest absolute Gasteiger partial charge is 0.319 e. The SMILES string of the molecule is CC(=O)Nc1cccc(NC(=O)NCCOc2c(C)cccc2C)c1. The first-order valence-corrected chi connectivity index (χ1v) is 8.07. The fraction of sp³-hybridized carbons (Fsp3) is 0.263. The van der Waals surface area contributed by atoms with Crippen molar-refractivity contribution in [2.75, 3.05) is 23.8 Å². The number of amides is 3. The molecule has 2 aromatic rings. The maximum absolute atomic E-state index is 11.9. The number of carbonyl (C=O) groups is 2. The van der Waals surface area contributed by atoms with E-state index < -0.39 is 0 Å². The van der Waals surface area contributed by atoms with E-state index >= 15 is 0 Å². The third-order valence-electron chi connectivity index (χ3n) is 3.48. The highest BCUT2D eigenvalue weighted by Crippen LogP contribution is 2.21. The van der Waals surface area contributed by atoms with Crippen LogP contribution >= 0.6 is 0 Å². The molecule has 0 aliphatic rings. The topological polar surface area (TPSA) is 79.5 Å². The molecule has 0 aliphatic carbocycles. The van der Waals surface area contributed by atoms with Gasteiger partial charge in [0.1, 0.15) is 12.4 Å². The first-order chi connectivity index (χ1) is 12.0. The summed E-state index contributed by atoms with van der Waals surface area (Å²) < 4.78 is 5.74. The minimum absolute atomic E-state index is 0.162. The van der Waals surface area contributed by atoms with Crippen molar-refractivity contribution in [2.24, 2.45) is 0 Å². The Labute approximate surface area is 147 Å². The van der Waals surface area contributed by atoms with E-state index in [2.05, 4.69) is 16.0 Å². The number of aryl methyl sites for hydroxylation is 2. The first kappa shape index (κ1) is 18.3. The maximum atomic E-state index is 11.9. The Morgan fingerprint density at radius 3 is 2.20 bits per heavy atom. The molecule has 132 valence electrons. The van der Waals surface area contributed by atoms with E-state index in [1.807, 2.05) is 32.0 Å². The molecule has 6 nitrogen and oxygen atoms in total. The highest BCUT2D eigenvalue weighted by atomic mass is 16.5. The summed E-state index contributed by atoms with van der Waals surface area (Å²) in [6.07, 6.45) is 0. The molecule has 0 radical (unpaired) electrons. The van der Waals surface area contributed by atoms with Crippen LogP contribution in [0, 0.1) is 13.8 Å². The van der Waals surface area contributed by atoms with Gasteiger partial charge in [0.25, 0.3) is 0 Å². The van der Waals surface area contributed by atoms with Crippen LogP contribution in [0.2, 0.25) is 0 Å². The maximum Gasteiger partial charge on any atom is 0.319 e. The van der Waals surface area contributed by atoms with Gasteiger partial charge in [-0.25, -0.2) is 4.79 Å². The lowest BCUT2D eigenvalue weighted by atomic mass is 10.1. The average molecular weight is 341 g/mol. The zero-order valence-electron chi connectivity index (χ0n) is 14.7. The van der Waals surface area contributed by atoms with Crippen LogP contribution in [-0.2, 0) is 4.79 Å². The van der Waals surface area contributed by atoms with Crippen LogP contribution in [0.5, 0.6) is 5.75 Å². The second-order valence-electron chi connectivity index (χ2n) is 5.71. The van der Waals surface area contributed by atoms with Gasteiger partial charge in [-0.1, -0.05) is 24.3 Å². The molecule has 2 aromatic carbocycles. The normalized spacial score (nSPS) is 10.0. The number of benzene rings is 2. The van der Waals surface area contributed by atoms with E-state index in [9.17, 15) is 9.59 Å². The number of hydrogen-bond donors (Lipinski definition) is 3. The second kappa shape index (κ2) is 8.73. The van der Waals surface area contributed by atoms with Gasteiger partial charge in [0.2, 0.25) is 5.91 Å². The molecule has 0 spiro atoms. The molecular formula is C19H23N3O3. The van der Waals surface area contributed by atoms with E-state index in [-0.39, 0.29) is 11.9 Å². The van der Waals surface area contributed by atoms with E-state index in [4.69, 9.17) is 4.74 Å². The van der Waals surface area contributed by atoms with Crippen LogP contribution in [0.3, 0.4) is 0 Å². The summed E-state index contributed by atoms with van der Waals surface area (Å²) in [4.78, 5) is 23.0. The summed E-state index contributed by atoms with van der Waals surface area (Å²) in [5.74, 6) is 0.693. The van der Waals surface area contributed by atoms with Gasteiger partial charge in [-0.3, -0.25) is 4.79 Å². The van der Waals surface area contributed by atoms with Crippen molar-refractivity contribution in [2.45, 2.75) is 20.8 Å². The Morgan fingerprint density at radius 1 is 0.960 bits per heavy atom. The van der Waals surface area contributed by atoms with Gasteiger partial charge >= 0.3 is 6.03 Å². The van der Waals surface area contributed by atoms with Gasteiger partial charge in [0.05, 0.1) is 6.54 Å². The zero-order valence-corrected chi connectivity index (χ0v) is 14.7. The molecule has 0 saturated heterocycles. The molecule has 0 aliphatic heterocycles. The Hall–Kier alpha value is -3.02. The molecule has 0 saturated carbocycles. The summed E-state index contributed by atoms with van der Waals surface area (Å²) in [5.41, 5.74) is 3.36. The lowest BCUT2D eigenvalue weighted by Gasteiger charge is -2.13. The van der Waals surface area contributed by atoms with Crippen molar-refractivity contribution in [3.8, 4) is 5.75 Å². The van der Waals surface area contributed by atoms with Crippen LogP contribution in [0.4, 0.5) is 16.2 Å². The van der Waals surface area contributed by atoms with E-state index in [1.54, 1.807) is 24.3 Å². The highest BCUT2D eigenvalue weighted by molar-refractivity contribution is 5.92. The van der Waals surface area contributed by atoms with E-state index in [0.717, 1.165) is 16.9 Å². The number of hydrogen-bond acceptors (Lipinski definition) is 3. The minimum Gasteiger partial charge on any atom is -0.491 e. The van der Waals surface area contributed by atoms with Crippen molar-refractivity contribution in [1.82, 2.24) is 5.32 Å². The lowest BCUT2D eigenvalue weighted by molar-refractivity contribution is -0.114. The molecule has 3 amide bonds. The predicted octanol–water partition coefficient (Wildman–Crippen LogP) is 3.46. The Morgan fingerprint density at radius 2 is 1.56 bits per heavy atom. The van der Waals surface area contributed by atoms with Crippen molar-refractivity contribution in [1.29, 1.82) is 0 Å². The molecule has 0 atom stereocenters. The molecular weight excluding hydrogens is 318 g/mol. The van der Waals surface area contributed by atoms with Gasteiger partial charge in [-0.2, -0.15) is 0 Å². The van der Waals surface area contributed by atoms with Gasteiger partial charge in [-0.05, 0) is 43.2 Å². The molecule has 3 N–H and O–H groups in total. The molecule has 25 heavy (non-hydrogen) atoms. The zero-order chi connectivity index (χ0) is 18.2. The second-order valence-corrected chi connectivity index (χ2v) is 5.71. The minimum atomic E-state index is -0.329. The Bertz CT molecular complexity index is 739. The van der Waals surface area contributed by atoms with E-state index in [0.29, 0.717) is 24.5 Å². The molecule has 0 fully saturated rings. The molecule has 0 unspecified atom stereocenters. The first-order valence-electron chi connectivity index (χ1n) is 8.07. The van der Waals surface area contributed by atoms with Crippen molar-refractivity contribution < 1.29 is 14.3 Å². The lowest BCUT2D eigenvalue weighted by Crippen LogP contribution is -2.32. The van der Waals surface area contributed by atoms with Crippen LogP contribution in [0.15, 0.2) is 42.5 Å². The standard InChI is InChI=1S/C19H23N3O3/c1-13-6-4-7-14(2)18(13)25-11-10-20-19(24)22-17-9-5-8-16(12-17)21-15(3)23/h4-9,12H,10-11H2,1-3H3,(H,21,23)(H2,20,22,24). The summed E-state index contributed by atoms with van der Waals surface area (Å²) in [7, 11) is 0. The van der Waals surface area contributed by atoms with Crippen molar-refractivity contribution >= 4 is 23.3 Å². The third kappa shape index (κ3) is 5.84. The number of urea groups is 1. The third-order valence-corrected chi connectivity index (χ3v) is 3.48. The largest absolute Gasteiger partial charge is 0.491 e. The monoisotopic (exact) mass is 341 g/mol. The number of carbonyl (C=O) groups excluding carboxylic acids is 2. The number of ether oxygens (including phenoxy) is 1. The molecule has 6 heteroatoms. The van der Waals surface area contributed by atoms with Gasteiger partial charge in [0.15, 0.2) is 0 Å². The number of rotatable bonds is 6. The molecule has 0 aromatic heterocycles. The Balaban J connectivity index is 1.78. The molecule has 0 bridgehead atoms. The predicted molar refractivity (Wildman–Crippen MR) is 99.2 cm³/mol. The van der Waals surface area contributed by atoms with Gasteiger partial charge in [0, 0.05) is 18.3 Å². The van der Waals surface area contributed by atoms with Gasteiger partial charge in [-0.15, -0.1) is 0 Å². The van der Waals surface area contributed by atoms with Crippen LogP contribution in [0.1, 0.15) is 18.1 Å². The summed E-state index contributed by atoms with van der Waals surface area (Å²) in [6, 6.07) is 12.6. The van der Waals surface area contributed by atoms with Crippen molar-refractivity contribution in [3.05, 3.63) is 53.6 Å². The fourth-order valence-corrected chi connectivity index (χ4v) is 2.40. The van der Waals surface area contributed by atoms with Gasteiger partial charge < -0.3 is 20.7 Å². The summed E-state index contributed by atoms with van der Waals surface area (Å²) >= 11 is 0. The van der Waals surface area contributed by atoms with Crippen LogP contribution in [-0.4, -0.2) is 25.1 Å². The number of anilines is 2. The highest BCUT2D eigenvalue weighted by Gasteiger charge is 2.05. The summed E-state index contributed by atoms with van der Waals surface area (Å²) in [6.45, 7) is 6.17. The number of nitrogens with one attached hydrogen (secondary N) is 3. The van der Waals surface area contributed by atoms with Crippen LogP contribution in [0.25, 0.3) is 0 Å². The number of para-hydroxylation sites is 1.